The summed E-state index contributed by atoms with van der Waals surface area (Å²) in [6, 6.07) is 7.17. The zero-order valence-corrected chi connectivity index (χ0v) is 16.8. The summed E-state index contributed by atoms with van der Waals surface area (Å²) < 4.78 is 14.4. The smallest absolute Gasteiger partial charge is 0.272 e. The van der Waals surface area contributed by atoms with Crippen molar-refractivity contribution in [3.63, 3.8) is 0 Å². The minimum atomic E-state index is -1.19. The van der Waals surface area contributed by atoms with Crippen LogP contribution < -0.4 is 10.6 Å². The molecule has 29 heavy (non-hydrogen) atoms. The van der Waals surface area contributed by atoms with Gasteiger partial charge in [-0.15, -0.1) is 0 Å². The normalized spacial score (nSPS) is 18.6. The summed E-state index contributed by atoms with van der Waals surface area (Å²) >= 11 is 0. The van der Waals surface area contributed by atoms with Gasteiger partial charge in [-0.1, -0.05) is 12.1 Å². The maximum absolute atomic E-state index is 13.0. The van der Waals surface area contributed by atoms with Crippen LogP contribution in [0.25, 0.3) is 0 Å². The molecular weight excluding hydrogens is 377 g/mol. The molecule has 1 aliphatic rings. The molecule has 0 unspecified atom stereocenters. The van der Waals surface area contributed by atoms with Crippen molar-refractivity contribution in [2.24, 2.45) is 0 Å². The van der Waals surface area contributed by atoms with Gasteiger partial charge in [-0.3, -0.25) is 19.1 Å². The Bertz CT molecular complexity index is 954. The minimum Gasteiger partial charge on any atom is -0.350 e. The van der Waals surface area contributed by atoms with E-state index in [1.54, 1.807) is 26.1 Å². The second-order valence-corrected chi connectivity index (χ2v) is 7.65. The lowest BCUT2D eigenvalue weighted by molar-refractivity contribution is -0.132. The number of aromatic nitrogens is 2. The standard InChI is InChI=1S/C20H24FN5O3/c1-12(2)23-17(27)15-9-16-18(28)25(4)20(3,11-26(16)24-15)19(29)22-10-13-5-7-14(21)8-6-13/h5-9,12H,10-11H2,1-4H3,(H,22,29)(H,23,27)/t20-/m0/s1. The molecule has 2 N–H and O–H groups in total. The highest BCUT2D eigenvalue weighted by Gasteiger charge is 2.46. The molecule has 1 aromatic carbocycles. The number of halogens is 1. The van der Waals surface area contributed by atoms with Crippen LogP contribution in [-0.4, -0.2) is 51.0 Å². The lowest BCUT2D eigenvalue weighted by atomic mass is 9.96. The number of likely N-dealkylation sites (N-methyl/N-ethyl adjacent to an activating group) is 1. The first-order valence-electron chi connectivity index (χ1n) is 9.31. The molecule has 2 aromatic rings. The van der Waals surface area contributed by atoms with Crippen molar-refractivity contribution in [2.75, 3.05) is 7.05 Å². The van der Waals surface area contributed by atoms with Crippen LogP contribution in [0.15, 0.2) is 30.3 Å². The van der Waals surface area contributed by atoms with Crippen molar-refractivity contribution in [3.05, 3.63) is 53.1 Å². The molecule has 8 nitrogen and oxygen atoms in total. The van der Waals surface area contributed by atoms with Crippen LogP contribution in [-0.2, 0) is 17.9 Å². The van der Waals surface area contributed by atoms with Gasteiger partial charge in [-0.05, 0) is 38.5 Å². The van der Waals surface area contributed by atoms with Gasteiger partial charge in [0, 0.05) is 25.7 Å². The highest BCUT2D eigenvalue weighted by molar-refractivity contribution is 6.01. The third kappa shape index (κ3) is 3.98. The number of benzene rings is 1. The van der Waals surface area contributed by atoms with Gasteiger partial charge in [0.05, 0.1) is 6.54 Å². The summed E-state index contributed by atoms with van der Waals surface area (Å²) in [7, 11) is 1.55. The monoisotopic (exact) mass is 401 g/mol. The Morgan fingerprint density at radius 3 is 2.55 bits per heavy atom. The van der Waals surface area contributed by atoms with E-state index in [-0.39, 0.29) is 48.2 Å². The molecule has 0 saturated carbocycles. The van der Waals surface area contributed by atoms with E-state index in [9.17, 15) is 18.8 Å². The molecule has 1 atom stereocenters. The number of hydrogen-bond acceptors (Lipinski definition) is 4. The van der Waals surface area contributed by atoms with Gasteiger partial charge in [0.1, 0.15) is 17.1 Å². The number of fused-ring (bicyclic) bond motifs is 1. The first-order chi connectivity index (χ1) is 13.6. The fourth-order valence-corrected chi connectivity index (χ4v) is 3.15. The summed E-state index contributed by atoms with van der Waals surface area (Å²) in [5.74, 6) is -1.49. The van der Waals surface area contributed by atoms with E-state index in [0.29, 0.717) is 0 Å². The summed E-state index contributed by atoms with van der Waals surface area (Å²) in [5, 5.41) is 9.75. The predicted octanol–water partition coefficient (Wildman–Crippen LogP) is 1.32. The van der Waals surface area contributed by atoms with Crippen molar-refractivity contribution in [1.29, 1.82) is 0 Å². The Balaban J connectivity index is 1.79. The number of nitrogens with zero attached hydrogens (tertiary/aromatic N) is 3. The molecule has 1 aliphatic heterocycles. The van der Waals surface area contributed by atoms with Crippen molar-refractivity contribution >= 4 is 17.7 Å². The number of carbonyl (C=O) groups is 3. The molecule has 0 saturated heterocycles. The van der Waals surface area contributed by atoms with Crippen molar-refractivity contribution in [2.45, 2.75) is 45.4 Å². The van der Waals surface area contributed by atoms with Gasteiger partial charge in [-0.2, -0.15) is 5.10 Å². The average molecular weight is 401 g/mol. The lowest BCUT2D eigenvalue weighted by Gasteiger charge is -2.40. The van der Waals surface area contributed by atoms with Crippen LogP contribution >= 0.6 is 0 Å². The second kappa shape index (κ2) is 7.65. The summed E-state index contributed by atoms with van der Waals surface area (Å²) in [4.78, 5) is 39.3. The van der Waals surface area contributed by atoms with E-state index in [4.69, 9.17) is 0 Å². The quantitative estimate of drug-likeness (QED) is 0.790. The van der Waals surface area contributed by atoms with Gasteiger partial charge >= 0.3 is 0 Å². The van der Waals surface area contributed by atoms with E-state index in [1.807, 2.05) is 13.8 Å². The highest BCUT2D eigenvalue weighted by Crippen LogP contribution is 2.26. The molecule has 3 amide bonds. The van der Waals surface area contributed by atoms with E-state index >= 15 is 0 Å². The first-order valence-corrected chi connectivity index (χ1v) is 9.31. The van der Waals surface area contributed by atoms with Crippen LogP contribution in [0.5, 0.6) is 0 Å². The molecule has 154 valence electrons. The molecule has 0 spiro atoms. The molecule has 2 heterocycles. The number of hydrogen-bond donors (Lipinski definition) is 2. The summed E-state index contributed by atoms with van der Waals surface area (Å²) in [5.41, 5.74) is -0.0701. The SMILES string of the molecule is CC(C)NC(=O)c1cc2n(n1)C[C@@](C)(C(=O)NCc1ccc(F)cc1)N(C)C2=O. The van der Waals surface area contributed by atoms with E-state index < -0.39 is 11.4 Å². The summed E-state index contributed by atoms with van der Waals surface area (Å²) in [6.45, 7) is 5.60. The zero-order chi connectivity index (χ0) is 21.3. The van der Waals surface area contributed by atoms with E-state index in [0.717, 1.165) is 5.56 Å². The summed E-state index contributed by atoms with van der Waals surface area (Å²) in [6.07, 6.45) is 0. The van der Waals surface area contributed by atoms with Crippen LogP contribution in [0.3, 0.4) is 0 Å². The topological polar surface area (TPSA) is 96.3 Å². The minimum absolute atomic E-state index is 0.0675. The second-order valence-electron chi connectivity index (χ2n) is 7.65. The molecule has 9 heteroatoms. The molecule has 1 aromatic heterocycles. The Morgan fingerprint density at radius 1 is 1.28 bits per heavy atom. The van der Waals surface area contributed by atoms with Crippen LogP contribution in [0, 0.1) is 5.82 Å². The maximum Gasteiger partial charge on any atom is 0.272 e. The Hall–Kier alpha value is -3.23. The van der Waals surface area contributed by atoms with Crippen LogP contribution in [0.2, 0.25) is 0 Å². The first kappa shape index (κ1) is 20.5. The number of rotatable bonds is 5. The number of carbonyl (C=O) groups excluding carboxylic acids is 3. The average Bonchev–Trinajstić information content (AvgIpc) is 3.09. The molecule has 0 fully saturated rings. The molecule has 3 rings (SSSR count). The predicted molar refractivity (Wildman–Crippen MR) is 104 cm³/mol. The maximum atomic E-state index is 13.0. The van der Waals surface area contributed by atoms with Gasteiger partial charge in [0.15, 0.2) is 5.69 Å². The molecular formula is C20H24FN5O3. The van der Waals surface area contributed by atoms with Crippen molar-refractivity contribution in [1.82, 2.24) is 25.3 Å². The Kier molecular flexibility index (Phi) is 5.41. The van der Waals surface area contributed by atoms with Crippen molar-refractivity contribution < 1.29 is 18.8 Å². The largest absolute Gasteiger partial charge is 0.350 e. The number of nitrogens with one attached hydrogen (secondary N) is 2. The van der Waals surface area contributed by atoms with Gasteiger partial charge < -0.3 is 15.5 Å². The fraction of sp³-hybridized carbons (Fsp3) is 0.400. The van der Waals surface area contributed by atoms with Crippen LogP contribution in [0.1, 0.15) is 47.3 Å². The third-order valence-electron chi connectivity index (χ3n) is 5.01. The Morgan fingerprint density at radius 2 is 1.93 bits per heavy atom. The van der Waals surface area contributed by atoms with Crippen LogP contribution in [0.4, 0.5) is 4.39 Å². The number of amides is 3. The van der Waals surface area contributed by atoms with Gasteiger partial charge in [0.25, 0.3) is 11.8 Å². The van der Waals surface area contributed by atoms with Gasteiger partial charge in [-0.25, -0.2) is 4.39 Å². The lowest BCUT2D eigenvalue weighted by Crippen LogP contribution is -2.62. The molecule has 0 radical (unpaired) electrons. The van der Waals surface area contributed by atoms with E-state index in [2.05, 4.69) is 15.7 Å². The molecule has 0 aliphatic carbocycles. The van der Waals surface area contributed by atoms with Gasteiger partial charge in [0.2, 0.25) is 5.91 Å². The zero-order valence-electron chi connectivity index (χ0n) is 16.8. The molecule has 0 bridgehead atoms. The van der Waals surface area contributed by atoms with Crippen molar-refractivity contribution in [3.8, 4) is 0 Å². The van der Waals surface area contributed by atoms with E-state index in [1.165, 1.54) is 27.8 Å². The Labute approximate surface area is 168 Å². The highest BCUT2D eigenvalue weighted by atomic mass is 19.1. The fourth-order valence-electron chi connectivity index (χ4n) is 3.15. The third-order valence-corrected chi connectivity index (χ3v) is 5.01.